The predicted octanol–water partition coefficient (Wildman–Crippen LogP) is 7.70. The number of aryl methyl sites for hydroxylation is 1. The van der Waals surface area contributed by atoms with Crippen molar-refractivity contribution < 1.29 is 18.0 Å². The average Bonchev–Trinajstić information content (AvgIpc) is 2.73. The van der Waals surface area contributed by atoms with Gasteiger partial charge in [-0.05, 0) is 43.5 Å². The van der Waals surface area contributed by atoms with Crippen molar-refractivity contribution in [2.75, 3.05) is 0 Å². The zero-order valence-corrected chi connectivity index (χ0v) is 18.6. The molecule has 3 rings (SSSR count). The summed E-state index contributed by atoms with van der Waals surface area (Å²) in [7, 11) is 0. The highest BCUT2D eigenvalue weighted by Crippen LogP contribution is 2.32. The molecule has 0 saturated heterocycles. The first kappa shape index (κ1) is 24.8. The molecule has 0 aliphatic carbocycles. The van der Waals surface area contributed by atoms with Crippen molar-refractivity contribution in [3.63, 3.8) is 0 Å². The number of Topliss-reactive ketones (excluding diaryl/α,β-unsaturated/α-hetero) is 1. The van der Waals surface area contributed by atoms with Crippen molar-refractivity contribution in [2.45, 2.75) is 52.6 Å². The molecule has 3 aromatic rings. The number of alkyl halides is 3. The molecule has 0 radical (unpaired) electrons. The standard InChI is InChI=1S/C15H19F3O.C9H7ClN2/c1-3-11(2)7-6-10-14(19)12-8-4-5-9-13(12)15(16,17)18;1-6-5-11-8-3-2-7(10)4-9(8)12-6/h4-5,8-9,11H,3,6-7,10H2,1-2H3;2-5H,1H3/t11-;/m0./s1. The van der Waals surface area contributed by atoms with Crippen LogP contribution in [0, 0.1) is 12.8 Å². The van der Waals surface area contributed by atoms with E-state index < -0.39 is 17.5 Å². The highest BCUT2D eigenvalue weighted by atomic mass is 35.5. The van der Waals surface area contributed by atoms with Crippen LogP contribution in [-0.4, -0.2) is 15.8 Å². The van der Waals surface area contributed by atoms with Crippen LogP contribution >= 0.6 is 11.6 Å². The fraction of sp³-hybridized carbons (Fsp3) is 0.375. The van der Waals surface area contributed by atoms with Gasteiger partial charge in [-0.3, -0.25) is 9.78 Å². The molecule has 0 unspecified atom stereocenters. The molecule has 166 valence electrons. The number of hydrogen-bond donors (Lipinski definition) is 0. The third-order valence-corrected chi connectivity index (χ3v) is 5.19. The van der Waals surface area contributed by atoms with Crippen molar-refractivity contribution in [3.05, 3.63) is 70.5 Å². The van der Waals surface area contributed by atoms with Crippen LogP contribution in [0.2, 0.25) is 5.02 Å². The van der Waals surface area contributed by atoms with Crippen molar-refractivity contribution in [3.8, 4) is 0 Å². The molecule has 0 saturated carbocycles. The average molecular weight is 451 g/mol. The molecule has 31 heavy (non-hydrogen) atoms. The van der Waals surface area contributed by atoms with Crippen LogP contribution in [0.4, 0.5) is 13.2 Å². The van der Waals surface area contributed by atoms with Gasteiger partial charge in [-0.25, -0.2) is 4.98 Å². The number of aromatic nitrogens is 2. The van der Waals surface area contributed by atoms with Crippen LogP contribution in [-0.2, 0) is 6.18 Å². The molecule has 0 amide bonds. The van der Waals surface area contributed by atoms with E-state index in [4.69, 9.17) is 11.6 Å². The maximum Gasteiger partial charge on any atom is 0.417 e. The molecule has 1 aromatic heterocycles. The van der Waals surface area contributed by atoms with Gasteiger partial charge in [-0.15, -0.1) is 0 Å². The van der Waals surface area contributed by atoms with Crippen LogP contribution in [0.1, 0.15) is 61.1 Å². The Morgan fingerprint density at radius 2 is 1.84 bits per heavy atom. The normalized spacial score (nSPS) is 12.2. The number of carbonyl (C=O) groups excluding carboxylic acids is 1. The lowest BCUT2D eigenvalue weighted by molar-refractivity contribution is -0.137. The van der Waals surface area contributed by atoms with E-state index in [-0.39, 0.29) is 12.0 Å². The SMILES string of the molecule is CC[C@H](C)CCCC(=O)c1ccccc1C(F)(F)F.Cc1cnc2ccc(Cl)cc2n1. The van der Waals surface area contributed by atoms with Crippen molar-refractivity contribution in [1.82, 2.24) is 9.97 Å². The number of fused-ring (bicyclic) bond motifs is 1. The number of carbonyl (C=O) groups is 1. The Kier molecular flexibility index (Phi) is 8.99. The molecular weight excluding hydrogens is 425 g/mol. The van der Waals surface area contributed by atoms with E-state index in [1.54, 1.807) is 6.20 Å². The van der Waals surface area contributed by atoms with Crippen molar-refractivity contribution in [2.24, 2.45) is 5.92 Å². The highest BCUT2D eigenvalue weighted by Gasteiger charge is 2.34. The Morgan fingerprint density at radius 1 is 1.13 bits per heavy atom. The third kappa shape index (κ3) is 7.62. The van der Waals surface area contributed by atoms with Gasteiger partial charge >= 0.3 is 6.18 Å². The minimum absolute atomic E-state index is 0.178. The predicted molar refractivity (Wildman–Crippen MR) is 118 cm³/mol. The molecule has 2 aromatic carbocycles. The van der Waals surface area contributed by atoms with E-state index in [0.29, 0.717) is 17.4 Å². The lowest BCUT2D eigenvalue weighted by Gasteiger charge is -2.12. The number of hydrogen-bond acceptors (Lipinski definition) is 3. The first-order valence-electron chi connectivity index (χ1n) is 10.2. The highest BCUT2D eigenvalue weighted by molar-refractivity contribution is 6.31. The van der Waals surface area contributed by atoms with Gasteiger partial charge in [0.05, 0.1) is 22.3 Å². The number of nitrogens with zero attached hydrogens (tertiary/aromatic N) is 2. The maximum absolute atomic E-state index is 12.8. The zero-order chi connectivity index (χ0) is 23.0. The van der Waals surface area contributed by atoms with Crippen molar-refractivity contribution >= 4 is 28.4 Å². The molecule has 1 heterocycles. The van der Waals surface area contributed by atoms with Gasteiger partial charge in [0.15, 0.2) is 5.78 Å². The fourth-order valence-corrected chi connectivity index (χ4v) is 3.17. The second-order valence-electron chi connectivity index (χ2n) is 7.52. The summed E-state index contributed by atoms with van der Waals surface area (Å²) in [6.45, 7) is 6.05. The minimum atomic E-state index is -4.47. The molecule has 7 heteroatoms. The molecule has 0 aliphatic heterocycles. The fourth-order valence-electron chi connectivity index (χ4n) is 3.00. The van der Waals surface area contributed by atoms with Gasteiger partial charge in [0, 0.05) is 23.2 Å². The van der Waals surface area contributed by atoms with E-state index in [1.807, 2.05) is 25.1 Å². The smallest absolute Gasteiger partial charge is 0.294 e. The van der Waals surface area contributed by atoms with E-state index in [1.165, 1.54) is 18.2 Å². The third-order valence-electron chi connectivity index (χ3n) is 4.96. The first-order valence-corrected chi connectivity index (χ1v) is 10.6. The second kappa shape index (κ2) is 11.2. The number of halogens is 4. The van der Waals surface area contributed by atoms with Gasteiger partial charge in [0.25, 0.3) is 0 Å². The van der Waals surface area contributed by atoms with Crippen LogP contribution < -0.4 is 0 Å². The van der Waals surface area contributed by atoms with Crippen molar-refractivity contribution in [1.29, 1.82) is 0 Å². The molecule has 1 atom stereocenters. The second-order valence-corrected chi connectivity index (χ2v) is 7.95. The van der Waals surface area contributed by atoms with Gasteiger partial charge in [0.1, 0.15) is 0 Å². The Hall–Kier alpha value is -2.47. The van der Waals surface area contributed by atoms with E-state index in [0.717, 1.165) is 35.6 Å². The van der Waals surface area contributed by atoms with E-state index in [2.05, 4.69) is 23.8 Å². The largest absolute Gasteiger partial charge is 0.417 e. The Bertz CT molecular complexity index is 984. The summed E-state index contributed by atoms with van der Waals surface area (Å²) in [4.78, 5) is 20.4. The van der Waals surface area contributed by atoms with Gasteiger partial charge < -0.3 is 0 Å². The molecule has 0 fully saturated rings. The number of benzene rings is 2. The summed E-state index contributed by atoms with van der Waals surface area (Å²) in [6.07, 6.45) is -0.0135. The van der Waals surface area contributed by atoms with Gasteiger partial charge in [0.2, 0.25) is 0 Å². The zero-order valence-electron chi connectivity index (χ0n) is 17.8. The maximum atomic E-state index is 12.8. The molecule has 0 bridgehead atoms. The summed E-state index contributed by atoms with van der Waals surface area (Å²) in [6, 6.07) is 10.5. The summed E-state index contributed by atoms with van der Waals surface area (Å²) < 4.78 is 38.3. The molecule has 0 aliphatic rings. The quantitative estimate of drug-likeness (QED) is 0.361. The first-order chi connectivity index (χ1) is 14.6. The minimum Gasteiger partial charge on any atom is -0.294 e. The number of rotatable bonds is 6. The van der Waals surface area contributed by atoms with Gasteiger partial charge in [-0.2, -0.15) is 13.2 Å². The Morgan fingerprint density at radius 3 is 2.52 bits per heavy atom. The van der Waals surface area contributed by atoms with Crippen LogP contribution in [0.5, 0.6) is 0 Å². The summed E-state index contributed by atoms with van der Waals surface area (Å²) >= 11 is 5.80. The Balaban J connectivity index is 0.000000242. The van der Waals surface area contributed by atoms with Crippen LogP contribution in [0.15, 0.2) is 48.7 Å². The lowest BCUT2D eigenvalue weighted by Crippen LogP contribution is -2.13. The summed E-state index contributed by atoms with van der Waals surface area (Å²) in [5, 5.41) is 0.697. The molecule has 0 spiro atoms. The molecule has 0 N–H and O–H groups in total. The monoisotopic (exact) mass is 450 g/mol. The van der Waals surface area contributed by atoms with E-state index in [9.17, 15) is 18.0 Å². The lowest BCUT2D eigenvalue weighted by atomic mass is 9.96. The summed E-state index contributed by atoms with van der Waals surface area (Å²) in [5.74, 6) is 0.0851. The molecular formula is C24H26ClF3N2O. The topological polar surface area (TPSA) is 42.9 Å². The van der Waals surface area contributed by atoms with Crippen LogP contribution in [0.25, 0.3) is 11.0 Å². The van der Waals surface area contributed by atoms with Crippen LogP contribution in [0.3, 0.4) is 0 Å². The molecule has 3 nitrogen and oxygen atoms in total. The summed E-state index contributed by atoms with van der Waals surface area (Å²) in [5.41, 5.74) is 1.60. The van der Waals surface area contributed by atoms with E-state index >= 15 is 0 Å². The number of ketones is 1. The van der Waals surface area contributed by atoms with Gasteiger partial charge in [-0.1, -0.05) is 56.5 Å². The Labute approximate surface area is 185 Å².